The second kappa shape index (κ2) is 21.5. The number of nitrogens with one attached hydrogen (secondary N) is 4. The number of carbonyl (C=O) groups is 6. The summed E-state index contributed by atoms with van der Waals surface area (Å²) in [6, 6.07) is -0.247. The fourth-order valence-electron chi connectivity index (χ4n) is 4.61. The lowest BCUT2D eigenvalue weighted by Gasteiger charge is -2.28. The maximum Gasteiger partial charge on any atom is 0.326 e. The van der Waals surface area contributed by atoms with E-state index in [-0.39, 0.29) is 25.0 Å². The molecule has 0 heterocycles. The Bertz CT molecular complexity index is 1180. The van der Waals surface area contributed by atoms with Crippen molar-refractivity contribution < 1.29 is 44.1 Å². The number of nitrogens with two attached hydrogens (primary N) is 3. The van der Waals surface area contributed by atoms with E-state index in [4.69, 9.17) is 17.2 Å². The fourth-order valence-corrected chi connectivity index (χ4v) is 4.61. The highest BCUT2D eigenvalue weighted by molar-refractivity contribution is 5.95. The molecule has 0 radical (unpaired) electrons. The highest BCUT2D eigenvalue weighted by Gasteiger charge is 2.33. The van der Waals surface area contributed by atoms with E-state index in [2.05, 4.69) is 21.3 Å². The van der Waals surface area contributed by atoms with E-state index in [9.17, 15) is 44.1 Å². The number of hydrogen-bond acceptors (Lipinski definition) is 10. The molecule has 13 N–H and O–H groups in total. The van der Waals surface area contributed by atoms with E-state index in [0.29, 0.717) is 50.8 Å². The Morgan fingerprint density at radius 3 is 1.72 bits per heavy atom. The molecule has 0 fully saturated rings. The molecule has 0 unspecified atom stereocenters. The van der Waals surface area contributed by atoms with Gasteiger partial charge in [0.2, 0.25) is 23.6 Å². The van der Waals surface area contributed by atoms with E-state index >= 15 is 0 Å². The Hall–Kier alpha value is -4.28. The van der Waals surface area contributed by atoms with Crippen LogP contribution in [-0.4, -0.2) is 94.2 Å². The fraction of sp³-hybridized carbons (Fsp3) is 0.613. The number of carbonyl (C=O) groups excluding carboxylic acids is 4. The van der Waals surface area contributed by atoms with Gasteiger partial charge in [-0.2, -0.15) is 0 Å². The maximum atomic E-state index is 13.4. The Labute approximate surface area is 274 Å². The molecule has 0 saturated heterocycles. The number of phenolic OH excluding ortho intramolecular Hbond substituents is 1. The van der Waals surface area contributed by atoms with Crippen molar-refractivity contribution in [1.82, 2.24) is 21.3 Å². The first-order chi connectivity index (χ1) is 22.2. The first-order valence-electron chi connectivity index (χ1n) is 15.8. The van der Waals surface area contributed by atoms with Crippen LogP contribution in [-0.2, 0) is 35.2 Å². The number of carboxylic acids is 2. The molecule has 0 aliphatic heterocycles. The van der Waals surface area contributed by atoms with E-state index in [0.717, 1.165) is 0 Å². The van der Waals surface area contributed by atoms with Crippen molar-refractivity contribution in [2.45, 2.75) is 102 Å². The topological polar surface area (TPSA) is 289 Å². The second-order valence-corrected chi connectivity index (χ2v) is 11.7. The number of rotatable bonds is 23. The van der Waals surface area contributed by atoms with Gasteiger partial charge in [0.1, 0.15) is 29.9 Å². The van der Waals surface area contributed by atoms with Gasteiger partial charge in [0.15, 0.2) is 0 Å². The van der Waals surface area contributed by atoms with Crippen LogP contribution >= 0.6 is 0 Å². The van der Waals surface area contributed by atoms with Gasteiger partial charge >= 0.3 is 11.9 Å². The Morgan fingerprint density at radius 1 is 0.681 bits per heavy atom. The van der Waals surface area contributed by atoms with Gasteiger partial charge in [-0.25, -0.2) is 4.79 Å². The number of amides is 4. The molecule has 0 aliphatic carbocycles. The first kappa shape index (κ1) is 40.7. The third-order valence-corrected chi connectivity index (χ3v) is 7.40. The number of phenols is 1. The summed E-state index contributed by atoms with van der Waals surface area (Å²) in [4.78, 5) is 76.1. The molecule has 1 aromatic carbocycles. The van der Waals surface area contributed by atoms with E-state index in [1.165, 1.54) is 24.3 Å². The Kier molecular flexibility index (Phi) is 18.6. The van der Waals surface area contributed by atoms with Crippen LogP contribution in [0.25, 0.3) is 0 Å². The summed E-state index contributed by atoms with van der Waals surface area (Å²) in [5.41, 5.74) is 17.6. The molecule has 1 aromatic rings. The maximum absolute atomic E-state index is 13.4. The highest BCUT2D eigenvalue weighted by atomic mass is 16.4. The lowest BCUT2D eigenvalue weighted by molar-refractivity contribution is -0.142. The van der Waals surface area contributed by atoms with Crippen molar-refractivity contribution >= 4 is 35.6 Å². The third-order valence-electron chi connectivity index (χ3n) is 7.40. The van der Waals surface area contributed by atoms with Crippen molar-refractivity contribution in [2.75, 3.05) is 13.1 Å². The van der Waals surface area contributed by atoms with Gasteiger partial charge in [-0.15, -0.1) is 0 Å². The number of unbranched alkanes of at least 4 members (excludes halogenated alkanes) is 2. The van der Waals surface area contributed by atoms with E-state index < -0.39 is 78.1 Å². The van der Waals surface area contributed by atoms with Crippen molar-refractivity contribution in [2.24, 2.45) is 23.1 Å². The van der Waals surface area contributed by atoms with Gasteiger partial charge in [-0.1, -0.05) is 32.4 Å². The van der Waals surface area contributed by atoms with Gasteiger partial charge in [0.25, 0.3) is 0 Å². The average molecular weight is 666 g/mol. The Morgan fingerprint density at radius 2 is 1.19 bits per heavy atom. The molecule has 16 heteroatoms. The van der Waals surface area contributed by atoms with Gasteiger partial charge in [-0.3, -0.25) is 24.0 Å². The van der Waals surface area contributed by atoms with Gasteiger partial charge in [0.05, 0.1) is 6.04 Å². The summed E-state index contributed by atoms with van der Waals surface area (Å²) in [7, 11) is 0. The van der Waals surface area contributed by atoms with Crippen LogP contribution in [0.5, 0.6) is 5.75 Å². The minimum atomic E-state index is -1.41. The number of aromatic hydroxyl groups is 1. The number of benzene rings is 1. The van der Waals surface area contributed by atoms with Gasteiger partial charge < -0.3 is 53.8 Å². The second-order valence-electron chi connectivity index (χ2n) is 11.7. The smallest absolute Gasteiger partial charge is 0.326 e. The van der Waals surface area contributed by atoms with Gasteiger partial charge in [0, 0.05) is 12.8 Å². The molecule has 0 aliphatic rings. The predicted molar refractivity (Wildman–Crippen MR) is 173 cm³/mol. The number of aliphatic carboxylic acids is 2. The number of carboxylic acid groups (broad SMARTS) is 2. The quantitative estimate of drug-likeness (QED) is 0.0634. The van der Waals surface area contributed by atoms with Crippen molar-refractivity contribution in [3.8, 4) is 5.75 Å². The van der Waals surface area contributed by atoms with Crippen LogP contribution in [0.15, 0.2) is 24.3 Å². The molecule has 47 heavy (non-hydrogen) atoms. The molecule has 264 valence electrons. The minimum Gasteiger partial charge on any atom is -0.508 e. The summed E-state index contributed by atoms with van der Waals surface area (Å²) >= 11 is 0. The third kappa shape index (κ3) is 15.7. The van der Waals surface area contributed by atoms with Crippen LogP contribution in [0.1, 0.15) is 70.8 Å². The monoisotopic (exact) mass is 665 g/mol. The summed E-state index contributed by atoms with van der Waals surface area (Å²) < 4.78 is 0. The zero-order valence-corrected chi connectivity index (χ0v) is 27.1. The largest absolute Gasteiger partial charge is 0.508 e. The molecule has 16 nitrogen and oxygen atoms in total. The molecule has 1 rings (SSSR count). The van der Waals surface area contributed by atoms with Crippen molar-refractivity contribution in [3.05, 3.63) is 29.8 Å². The summed E-state index contributed by atoms with van der Waals surface area (Å²) in [5, 5.41) is 38.6. The van der Waals surface area contributed by atoms with Crippen LogP contribution < -0.4 is 38.5 Å². The van der Waals surface area contributed by atoms with Crippen LogP contribution in [0.4, 0.5) is 0 Å². The highest BCUT2D eigenvalue weighted by Crippen LogP contribution is 2.13. The zero-order chi connectivity index (χ0) is 35.5. The molecular formula is C31H51N7O9. The molecular weight excluding hydrogens is 614 g/mol. The SMILES string of the molecule is CC(C)[C@H](NC(=O)[C@H](CCC(=O)O)NC(=O)[C@H](CCCCN)NC(=O)[C@H](N)CCCCN)C(=O)N[C@@H](Cc1ccc(O)cc1)C(=O)O. The lowest BCUT2D eigenvalue weighted by Crippen LogP contribution is -2.59. The van der Waals surface area contributed by atoms with Crippen LogP contribution in [0, 0.1) is 5.92 Å². The van der Waals surface area contributed by atoms with Gasteiger partial charge in [-0.05, 0) is 75.2 Å². The molecule has 0 spiro atoms. The van der Waals surface area contributed by atoms with Crippen LogP contribution in [0.3, 0.4) is 0 Å². The predicted octanol–water partition coefficient (Wildman–Crippen LogP) is -0.935. The lowest BCUT2D eigenvalue weighted by atomic mass is 10.00. The number of hydrogen-bond donors (Lipinski definition) is 10. The molecule has 0 saturated carbocycles. The summed E-state index contributed by atoms with van der Waals surface area (Å²) in [6.45, 7) is 4.02. The summed E-state index contributed by atoms with van der Waals surface area (Å²) in [5.74, 6) is -6.11. The molecule has 0 aromatic heterocycles. The van der Waals surface area contributed by atoms with Crippen LogP contribution in [0.2, 0.25) is 0 Å². The molecule has 0 bridgehead atoms. The van der Waals surface area contributed by atoms with E-state index in [1.54, 1.807) is 13.8 Å². The minimum absolute atomic E-state index is 0.0112. The molecule has 5 atom stereocenters. The molecule has 4 amide bonds. The van der Waals surface area contributed by atoms with E-state index in [1.807, 2.05) is 0 Å². The average Bonchev–Trinajstić information content (AvgIpc) is 3.01. The summed E-state index contributed by atoms with van der Waals surface area (Å²) in [6.07, 6.45) is 1.89. The normalized spacial score (nSPS) is 14.3. The first-order valence-corrected chi connectivity index (χ1v) is 15.8. The Balaban J connectivity index is 3.12. The standard InChI is InChI=1S/C31H51N7O9/c1-18(2)26(30(45)37-24(31(46)47)17-19-9-11-20(39)12-10-19)38-29(44)23(13-14-25(40)41)36-28(43)22(8-4-6-16-33)35-27(42)21(34)7-3-5-15-32/h9-12,18,21-24,26,39H,3-8,13-17,32-34H2,1-2H3,(H,35,42)(H,36,43)(H,37,45)(H,38,44)(H,40,41)(H,46,47)/t21-,22+,23+,24+,26+/m1/s1. The van der Waals surface area contributed by atoms with Crippen molar-refractivity contribution in [1.29, 1.82) is 0 Å². The zero-order valence-electron chi connectivity index (χ0n) is 27.1. The van der Waals surface area contributed by atoms with Crippen molar-refractivity contribution in [3.63, 3.8) is 0 Å².